The molecule has 0 bridgehead atoms. The van der Waals surface area contributed by atoms with Crippen LogP contribution in [0.15, 0.2) is 48.7 Å². The summed E-state index contributed by atoms with van der Waals surface area (Å²) in [7, 11) is 0. The van der Waals surface area contributed by atoms with Crippen LogP contribution < -0.4 is 5.32 Å². The summed E-state index contributed by atoms with van der Waals surface area (Å²) in [6, 6.07) is 10.8. The number of hydrogen-bond donors (Lipinski definition) is 1. The molecular formula is C25H23ClF3N5O. The molecule has 182 valence electrons. The summed E-state index contributed by atoms with van der Waals surface area (Å²) in [6.45, 7) is 6.17. The lowest BCUT2D eigenvalue weighted by molar-refractivity contribution is -0.138. The number of hydrogen-bond acceptors (Lipinski definition) is 6. The molecule has 0 saturated carbocycles. The minimum atomic E-state index is -4.42. The van der Waals surface area contributed by atoms with Gasteiger partial charge in [-0.25, -0.2) is 15.0 Å². The number of halogens is 4. The van der Waals surface area contributed by atoms with Crippen LogP contribution in [-0.2, 0) is 17.5 Å². The first kappa shape index (κ1) is 24.8. The lowest BCUT2D eigenvalue weighted by Gasteiger charge is -2.14. The molecule has 0 aliphatic rings. The molecule has 0 aliphatic carbocycles. The Morgan fingerprint density at radius 1 is 1.06 bits per heavy atom. The summed E-state index contributed by atoms with van der Waals surface area (Å²) in [5.41, 5.74) is 1.31. The maximum absolute atomic E-state index is 13.2. The molecule has 0 saturated heterocycles. The predicted octanol–water partition coefficient (Wildman–Crippen LogP) is 6.98. The highest BCUT2D eigenvalue weighted by atomic mass is 35.5. The Hall–Kier alpha value is -3.30. The molecule has 3 heterocycles. The molecule has 0 radical (unpaired) electrons. The molecule has 0 aliphatic heterocycles. The van der Waals surface area contributed by atoms with E-state index in [-0.39, 0.29) is 12.2 Å². The van der Waals surface area contributed by atoms with E-state index in [2.05, 4.69) is 25.3 Å². The predicted molar refractivity (Wildman–Crippen MR) is 130 cm³/mol. The van der Waals surface area contributed by atoms with Crippen LogP contribution in [0.4, 0.5) is 24.7 Å². The van der Waals surface area contributed by atoms with E-state index in [9.17, 15) is 13.2 Å². The first-order valence-corrected chi connectivity index (χ1v) is 11.3. The van der Waals surface area contributed by atoms with Gasteiger partial charge in [0.05, 0.1) is 21.7 Å². The van der Waals surface area contributed by atoms with E-state index in [1.54, 1.807) is 30.5 Å². The lowest BCUT2D eigenvalue weighted by atomic mass is 10.1. The van der Waals surface area contributed by atoms with Crippen molar-refractivity contribution in [3.63, 3.8) is 0 Å². The highest BCUT2D eigenvalue weighted by molar-refractivity contribution is 6.32. The fraction of sp³-hybridized carbons (Fsp3) is 0.280. The second-order valence-electron chi connectivity index (χ2n) is 8.45. The smallest absolute Gasteiger partial charge is 0.373 e. The number of alkyl halides is 3. The Bertz CT molecular complexity index is 1360. The van der Waals surface area contributed by atoms with Gasteiger partial charge >= 0.3 is 6.18 Å². The van der Waals surface area contributed by atoms with Gasteiger partial charge in [0.25, 0.3) is 0 Å². The highest BCUT2D eigenvalue weighted by Gasteiger charge is 2.32. The largest absolute Gasteiger partial charge is 0.416 e. The highest BCUT2D eigenvalue weighted by Crippen LogP contribution is 2.34. The zero-order valence-electron chi connectivity index (χ0n) is 19.3. The quantitative estimate of drug-likeness (QED) is 0.294. The van der Waals surface area contributed by atoms with E-state index in [1.807, 2.05) is 13.8 Å². The van der Waals surface area contributed by atoms with Crippen LogP contribution in [0.3, 0.4) is 0 Å². The van der Waals surface area contributed by atoms with Crippen molar-refractivity contribution < 1.29 is 17.9 Å². The molecule has 1 aromatic carbocycles. The molecule has 10 heteroatoms. The number of anilines is 2. The molecule has 0 fully saturated rings. The molecule has 0 spiro atoms. The molecule has 3 aromatic heterocycles. The molecular weight excluding hydrogens is 479 g/mol. The SMILES string of the molecule is Cc1cc(Nc2nc(COCC(C)C)nc3nc(-c4ncccc4Cl)ccc23)ccc1C(F)(F)F. The fourth-order valence-electron chi connectivity index (χ4n) is 3.50. The van der Waals surface area contributed by atoms with Crippen LogP contribution in [0, 0.1) is 12.8 Å². The third-order valence-electron chi connectivity index (χ3n) is 5.08. The number of pyridine rings is 2. The van der Waals surface area contributed by atoms with Crippen molar-refractivity contribution in [2.45, 2.75) is 33.6 Å². The zero-order chi connectivity index (χ0) is 25.2. The van der Waals surface area contributed by atoms with Crippen molar-refractivity contribution in [1.29, 1.82) is 0 Å². The van der Waals surface area contributed by atoms with Crippen LogP contribution >= 0.6 is 11.6 Å². The number of aryl methyl sites for hydroxylation is 1. The van der Waals surface area contributed by atoms with Crippen molar-refractivity contribution in [3.8, 4) is 11.4 Å². The van der Waals surface area contributed by atoms with E-state index in [4.69, 9.17) is 16.3 Å². The Balaban J connectivity index is 1.75. The van der Waals surface area contributed by atoms with Gasteiger partial charge in [0.15, 0.2) is 11.5 Å². The van der Waals surface area contributed by atoms with E-state index >= 15 is 0 Å². The molecule has 4 rings (SSSR count). The summed E-state index contributed by atoms with van der Waals surface area (Å²) >= 11 is 6.29. The Labute approximate surface area is 205 Å². The van der Waals surface area contributed by atoms with Crippen molar-refractivity contribution in [1.82, 2.24) is 19.9 Å². The summed E-state index contributed by atoms with van der Waals surface area (Å²) in [6.07, 6.45) is -2.80. The number of benzene rings is 1. The van der Waals surface area contributed by atoms with Gasteiger partial charge < -0.3 is 10.1 Å². The first-order valence-electron chi connectivity index (χ1n) is 10.9. The van der Waals surface area contributed by atoms with Crippen LogP contribution in [0.2, 0.25) is 5.02 Å². The summed E-state index contributed by atoms with van der Waals surface area (Å²) in [4.78, 5) is 18.0. The Morgan fingerprint density at radius 3 is 2.54 bits per heavy atom. The van der Waals surface area contributed by atoms with Crippen molar-refractivity contribution >= 4 is 34.1 Å². The summed E-state index contributed by atoms with van der Waals surface area (Å²) < 4.78 is 45.2. The van der Waals surface area contributed by atoms with E-state index in [1.165, 1.54) is 19.1 Å². The molecule has 4 aromatic rings. The zero-order valence-corrected chi connectivity index (χ0v) is 20.1. The van der Waals surface area contributed by atoms with E-state index in [0.717, 1.165) is 6.07 Å². The average molecular weight is 502 g/mol. The molecule has 35 heavy (non-hydrogen) atoms. The molecule has 6 nitrogen and oxygen atoms in total. The Morgan fingerprint density at radius 2 is 1.86 bits per heavy atom. The van der Waals surface area contributed by atoms with Gasteiger partial charge in [0.2, 0.25) is 0 Å². The van der Waals surface area contributed by atoms with Gasteiger partial charge in [0, 0.05) is 18.5 Å². The number of aromatic nitrogens is 4. The summed E-state index contributed by atoms with van der Waals surface area (Å²) in [5.74, 6) is 1.13. The number of nitrogens with zero attached hydrogens (tertiary/aromatic N) is 4. The number of rotatable bonds is 7. The minimum Gasteiger partial charge on any atom is -0.373 e. The van der Waals surface area contributed by atoms with Gasteiger partial charge in [-0.15, -0.1) is 0 Å². The van der Waals surface area contributed by atoms with E-state index < -0.39 is 11.7 Å². The first-order chi connectivity index (χ1) is 16.6. The number of ether oxygens (including phenoxy) is 1. The van der Waals surface area contributed by atoms with Gasteiger partial charge in [-0.2, -0.15) is 13.2 Å². The minimum absolute atomic E-state index is 0.103. The topological polar surface area (TPSA) is 72.8 Å². The standard InChI is InChI=1S/C25H23ClF3N5O/c1-14(2)12-35-13-21-33-23(31-16-6-8-18(15(3)11-16)25(27,28)29)17-7-9-20(32-24(17)34-21)22-19(26)5-4-10-30-22/h4-11,14H,12-13H2,1-3H3,(H,31,32,33,34). The monoisotopic (exact) mass is 501 g/mol. The lowest BCUT2D eigenvalue weighted by Crippen LogP contribution is -2.09. The van der Waals surface area contributed by atoms with Gasteiger partial charge in [-0.1, -0.05) is 25.4 Å². The molecule has 0 unspecified atom stereocenters. The molecule has 0 amide bonds. The van der Waals surface area contributed by atoms with E-state index in [0.29, 0.717) is 57.3 Å². The van der Waals surface area contributed by atoms with Crippen molar-refractivity contribution in [2.24, 2.45) is 5.92 Å². The maximum Gasteiger partial charge on any atom is 0.416 e. The molecule has 0 atom stereocenters. The van der Waals surface area contributed by atoms with Gasteiger partial charge in [-0.3, -0.25) is 4.98 Å². The van der Waals surface area contributed by atoms with Crippen LogP contribution in [0.1, 0.15) is 30.8 Å². The van der Waals surface area contributed by atoms with Crippen LogP contribution in [0.25, 0.3) is 22.4 Å². The van der Waals surface area contributed by atoms with Crippen molar-refractivity contribution in [3.05, 3.63) is 70.6 Å². The summed E-state index contributed by atoms with van der Waals surface area (Å²) in [5, 5.41) is 4.16. The molecule has 1 N–H and O–H groups in total. The van der Waals surface area contributed by atoms with Crippen LogP contribution in [0.5, 0.6) is 0 Å². The van der Waals surface area contributed by atoms with Gasteiger partial charge in [0.1, 0.15) is 18.1 Å². The van der Waals surface area contributed by atoms with Crippen LogP contribution in [-0.4, -0.2) is 26.5 Å². The normalized spacial score (nSPS) is 11.9. The third kappa shape index (κ3) is 5.86. The number of nitrogens with one attached hydrogen (secondary N) is 1. The fourth-order valence-corrected chi connectivity index (χ4v) is 3.72. The maximum atomic E-state index is 13.2. The second-order valence-corrected chi connectivity index (χ2v) is 8.86. The second kappa shape index (κ2) is 10.1. The van der Waals surface area contributed by atoms with Crippen molar-refractivity contribution in [2.75, 3.05) is 11.9 Å². The third-order valence-corrected chi connectivity index (χ3v) is 5.39. The van der Waals surface area contributed by atoms with Gasteiger partial charge in [-0.05, 0) is 60.9 Å². The number of fused-ring (bicyclic) bond motifs is 1. The Kier molecular flexibility index (Phi) is 7.18. The average Bonchev–Trinajstić information content (AvgIpc) is 2.78.